The van der Waals surface area contributed by atoms with Crippen LogP contribution in [-0.2, 0) is 24.3 Å². The van der Waals surface area contributed by atoms with E-state index >= 15 is 0 Å². The van der Waals surface area contributed by atoms with Crippen molar-refractivity contribution in [1.29, 1.82) is 0 Å². The molecule has 1 fully saturated rings. The van der Waals surface area contributed by atoms with Crippen molar-refractivity contribution in [2.45, 2.75) is 34.3 Å². The average molecular weight is 544 g/mol. The molecule has 0 saturated carbocycles. The third kappa shape index (κ3) is 4.77. The van der Waals surface area contributed by atoms with Gasteiger partial charge in [0, 0.05) is 38.5 Å². The highest BCUT2D eigenvalue weighted by Crippen LogP contribution is 2.33. The number of benzene rings is 2. The van der Waals surface area contributed by atoms with E-state index in [0.29, 0.717) is 24.9 Å². The fourth-order valence-electron chi connectivity index (χ4n) is 4.80. The number of guanidine groups is 1. The molecule has 2 aromatic rings. The largest absolute Gasteiger partial charge is 0.479 e. The third-order valence-corrected chi connectivity index (χ3v) is 9.16. The number of hydrogen-bond donors (Lipinski definition) is 6. The predicted octanol–water partition coefficient (Wildman–Crippen LogP) is -1.10. The number of carbonyl (C=O) groups is 2. The molecular formula is C24H29N7O6S. The summed E-state index contributed by atoms with van der Waals surface area (Å²) < 4.78 is 26.7. The number of rotatable bonds is 8. The van der Waals surface area contributed by atoms with Crippen LogP contribution in [0.5, 0.6) is 0 Å². The lowest BCUT2D eigenvalue weighted by Crippen LogP contribution is -2.61. The van der Waals surface area contributed by atoms with Gasteiger partial charge in [-0.05, 0) is 22.9 Å². The molecule has 14 heteroatoms. The molecule has 3 aliphatic rings. The minimum Gasteiger partial charge on any atom is -0.479 e. The van der Waals surface area contributed by atoms with Crippen LogP contribution in [0, 0.1) is 0 Å². The molecule has 0 bridgehead atoms. The predicted molar refractivity (Wildman–Crippen MR) is 139 cm³/mol. The van der Waals surface area contributed by atoms with Gasteiger partial charge in [-0.2, -0.15) is 0 Å². The molecule has 0 radical (unpaired) electrons. The highest BCUT2D eigenvalue weighted by atomic mass is 32.2. The van der Waals surface area contributed by atoms with Gasteiger partial charge in [0.2, 0.25) is 14.7 Å². The number of aliphatic carboxylic acids is 1. The second-order valence-corrected chi connectivity index (χ2v) is 11.9. The maximum Gasteiger partial charge on any atom is 0.341 e. The number of nitrogens with two attached hydrogens (primary N) is 1. The van der Waals surface area contributed by atoms with Crippen molar-refractivity contribution in [3.05, 3.63) is 42.5 Å². The van der Waals surface area contributed by atoms with Gasteiger partial charge in [0.1, 0.15) is 5.71 Å². The van der Waals surface area contributed by atoms with E-state index < -0.39 is 38.7 Å². The van der Waals surface area contributed by atoms with Gasteiger partial charge in [-0.15, -0.1) is 0 Å². The number of nitrogens with zero attached hydrogens (tertiary/aromatic N) is 2. The first-order valence-electron chi connectivity index (χ1n) is 12.2. The molecule has 3 aliphatic heterocycles. The van der Waals surface area contributed by atoms with Gasteiger partial charge in [0.05, 0.1) is 18.0 Å². The van der Waals surface area contributed by atoms with Crippen LogP contribution in [0.15, 0.2) is 57.5 Å². The van der Waals surface area contributed by atoms with Gasteiger partial charge < -0.3 is 36.9 Å². The van der Waals surface area contributed by atoms with Gasteiger partial charge in [0.25, 0.3) is 5.91 Å². The normalized spacial score (nSPS) is 24.3. The number of oxime groups is 1. The third-order valence-electron chi connectivity index (χ3n) is 7.01. The van der Waals surface area contributed by atoms with Crippen molar-refractivity contribution in [3.8, 4) is 0 Å². The summed E-state index contributed by atoms with van der Waals surface area (Å²) in [5, 5.41) is 27.2. The molecule has 0 aliphatic carbocycles. The molecule has 202 valence electrons. The van der Waals surface area contributed by atoms with Crippen LogP contribution in [0.3, 0.4) is 0 Å². The number of nitrogens with one attached hydrogen (secondary N) is 4. The Bertz CT molecular complexity index is 1440. The quantitative estimate of drug-likeness (QED) is 0.238. The van der Waals surface area contributed by atoms with Crippen LogP contribution >= 0.6 is 0 Å². The second-order valence-electron chi connectivity index (χ2n) is 9.70. The van der Waals surface area contributed by atoms with Crippen molar-refractivity contribution < 1.29 is 28.0 Å². The van der Waals surface area contributed by atoms with Crippen molar-refractivity contribution in [2.24, 2.45) is 15.9 Å². The van der Waals surface area contributed by atoms with E-state index in [-0.39, 0.29) is 23.1 Å². The van der Waals surface area contributed by atoms with Gasteiger partial charge in [-0.25, -0.2) is 13.2 Å². The van der Waals surface area contributed by atoms with Gasteiger partial charge in [-0.1, -0.05) is 35.5 Å². The standard InChI is InChI=1S/C24H29N7O6S/c25-24(21(33)34,38(35,36)18-6-5-15-3-1-2-4-16(15)9-18)14-30-20(32)19-11-23(37-31-19)10-17(29-13-23)12-28-22-26-7-8-27-22/h1-6,9,17,29H,7-8,10-14,25H2,(H,30,32)(H,33,34)(H2,26,27,28)/t17?,23?,24-/m0/s1. The van der Waals surface area contributed by atoms with Gasteiger partial charge >= 0.3 is 5.97 Å². The number of carboxylic acid groups (broad SMARTS) is 1. The monoisotopic (exact) mass is 543 g/mol. The number of amides is 1. The molecule has 13 nitrogen and oxygen atoms in total. The van der Waals surface area contributed by atoms with Crippen molar-refractivity contribution in [1.82, 2.24) is 21.3 Å². The Labute approximate surface area is 218 Å². The van der Waals surface area contributed by atoms with Crippen LogP contribution in [0.2, 0.25) is 0 Å². The molecule has 1 spiro atoms. The zero-order valence-corrected chi connectivity index (χ0v) is 21.3. The van der Waals surface area contributed by atoms with E-state index in [0.717, 1.165) is 24.4 Å². The van der Waals surface area contributed by atoms with E-state index in [1.807, 2.05) is 0 Å². The second kappa shape index (κ2) is 9.85. The van der Waals surface area contributed by atoms with Crippen LogP contribution in [0.4, 0.5) is 0 Å². The van der Waals surface area contributed by atoms with E-state index in [2.05, 4.69) is 31.4 Å². The molecule has 7 N–H and O–H groups in total. The maximum absolute atomic E-state index is 13.3. The molecule has 1 saturated heterocycles. The minimum absolute atomic E-state index is 0.0399. The molecule has 2 unspecified atom stereocenters. The first kappa shape index (κ1) is 25.9. The first-order chi connectivity index (χ1) is 18.1. The Balaban J connectivity index is 1.22. The SMILES string of the molecule is N[C@](CNC(=O)C1=NOC2(CNC(CNC3=NCCN3)C2)C1)(C(=O)O)S(=O)(=O)c1ccc2ccccc2c1. The summed E-state index contributed by atoms with van der Waals surface area (Å²) in [4.78, 5) is 31.8. The van der Waals surface area contributed by atoms with Crippen LogP contribution in [0.1, 0.15) is 12.8 Å². The summed E-state index contributed by atoms with van der Waals surface area (Å²) in [7, 11) is -4.59. The zero-order chi connectivity index (χ0) is 27.0. The van der Waals surface area contributed by atoms with Crippen LogP contribution in [0.25, 0.3) is 10.8 Å². The molecular weight excluding hydrogens is 514 g/mol. The lowest BCUT2D eigenvalue weighted by molar-refractivity contribution is -0.139. The molecule has 2 aromatic carbocycles. The molecule has 3 atom stereocenters. The van der Waals surface area contributed by atoms with Crippen molar-refractivity contribution >= 4 is 44.2 Å². The summed E-state index contributed by atoms with van der Waals surface area (Å²) in [6, 6.07) is 11.4. The Morgan fingerprint density at radius 3 is 2.76 bits per heavy atom. The Hall–Kier alpha value is -3.75. The Morgan fingerprint density at radius 2 is 2.03 bits per heavy atom. The first-order valence-corrected chi connectivity index (χ1v) is 13.6. The fourth-order valence-corrected chi connectivity index (χ4v) is 6.24. The van der Waals surface area contributed by atoms with E-state index in [4.69, 9.17) is 10.6 Å². The summed E-state index contributed by atoms with van der Waals surface area (Å²) in [6.07, 6.45) is 0.767. The van der Waals surface area contributed by atoms with Crippen LogP contribution < -0.4 is 27.0 Å². The van der Waals surface area contributed by atoms with E-state index in [1.54, 1.807) is 30.3 Å². The average Bonchev–Trinajstić information content (AvgIpc) is 3.67. The lowest BCUT2D eigenvalue weighted by atomic mass is 9.94. The van der Waals surface area contributed by atoms with Crippen LogP contribution in [-0.4, -0.2) is 86.3 Å². The lowest BCUT2D eigenvalue weighted by Gasteiger charge is -2.25. The molecule has 1 amide bonds. The van der Waals surface area contributed by atoms with E-state index in [9.17, 15) is 23.1 Å². The fraction of sp³-hybridized carbons (Fsp3) is 0.417. The minimum atomic E-state index is -4.59. The zero-order valence-electron chi connectivity index (χ0n) is 20.4. The number of hydrogen-bond acceptors (Lipinski definition) is 11. The molecule has 0 aromatic heterocycles. The van der Waals surface area contributed by atoms with Crippen molar-refractivity contribution in [3.63, 3.8) is 0 Å². The number of carbonyl (C=O) groups excluding carboxylic acids is 1. The highest BCUT2D eigenvalue weighted by molar-refractivity contribution is 7.93. The summed E-state index contributed by atoms with van der Waals surface area (Å²) in [5.74, 6) is -1.78. The van der Waals surface area contributed by atoms with Crippen molar-refractivity contribution in [2.75, 3.05) is 32.7 Å². The van der Waals surface area contributed by atoms with E-state index in [1.165, 1.54) is 12.1 Å². The Kier molecular flexibility index (Phi) is 6.71. The maximum atomic E-state index is 13.3. The number of aliphatic imine (C=N–C) groups is 1. The summed E-state index contributed by atoms with van der Waals surface area (Å²) in [5.41, 5.74) is 5.28. The highest BCUT2D eigenvalue weighted by Gasteiger charge is 2.50. The van der Waals surface area contributed by atoms with Gasteiger partial charge in [-0.3, -0.25) is 9.79 Å². The summed E-state index contributed by atoms with van der Waals surface area (Å²) >= 11 is 0. The topological polar surface area (TPSA) is 197 Å². The molecule has 38 heavy (non-hydrogen) atoms. The smallest absolute Gasteiger partial charge is 0.341 e. The molecule has 3 heterocycles. The van der Waals surface area contributed by atoms with Gasteiger partial charge in [0.15, 0.2) is 11.6 Å². The number of sulfone groups is 1. The number of carboxylic acids is 1. The molecule has 5 rings (SSSR count). The Morgan fingerprint density at radius 1 is 1.24 bits per heavy atom. The summed E-state index contributed by atoms with van der Waals surface area (Å²) in [6.45, 7) is 1.75. The number of fused-ring (bicyclic) bond motifs is 1.